The third-order valence-electron chi connectivity index (χ3n) is 2.32. The molecule has 6 heteroatoms. The van der Waals surface area contributed by atoms with Crippen molar-refractivity contribution in [3.05, 3.63) is 41.7 Å². The number of aromatic nitrogens is 3. The van der Waals surface area contributed by atoms with Crippen molar-refractivity contribution in [1.82, 2.24) is 15.2 Å². The number of pyridine rings is 1. The largest absolute Gasteiger partial charge is 0.477 e. The number of nitrogens with one attached hydrogen (secondary N) is 1. The molecule has 0 spiro atoms. The van der Waals surface area contributed by atoms with E-state index in [2.05, 4.69) is 20.5 Å². The van der Waals surface area contributed by atoms with Crippen LogP contribution in [0.15, 0.2) is 30.5 Å². The molecule has 0 fully saturated rings. The number of aryl methyl sites for hydroxylation is 1. The van der Waals surface area contributed by atoms with Crippen LogP contribution in [-0.2, 0) is 0 Å². The van der Waals surface area contributed by atoms with Gasteiger partial charge in [-0.05, 0) is 37.6 Å². The molecular weight excluding hydrogens is 244 g/mol. The van der Waals surface area contributed by atoms with E-state index >= 15 is 0 Å². The maximum absolute atomic E-state index is 11.9. The fourth-order valence-electron chi connectivity index (χ4n) is 1.45. The van der Waals surface area contributed by atoms with Gasteiger partial charge in [0.05, 0.1) is 6.61 Å². The topological polar surface area (TPSA) is 77.0 Å². The average Bonchev–Trinajstić information content (AvgIpc) is 2.40. The molecule has 0 atom stereocenters. The van der Waals surface area contributed by atoms with Crippen molar-refractivity contribution in [2.75, 3.05) is 11.9 Å². The van der Waals surface area contributed by atoms with Gasteiger partial charge in [-0.15, -0.1) is 10.2 Å². The summed E-state index contributed by atoms with van der Waals surface area (Å²) in [4.78, 5) is 15.9. The molecule has 6 nitrogen and oxygen atoms in total. The maximum Gasteiger partial charge on any atom is 0.277 e. The van der Waals surface area contributed by atoms with Gasteiger partial charge in [-0.3, -0.25) is 4.79 Å². The Labute approximate surface area is 110 Å². The number of hydrogen-bond donors (Lipinski definition) is 1. The predicted octanol–water partition coefficient (Wildman–Crippen LogP) is 1.83. The minimum absolute atomic E-state index is 0.215. The maximum atomic E-state index is 11.9. The summed E-state index contributed by atoms with van der Waals surface area (Å²) in [5.74, 6) is 0.530. The Morgan fingerprint density at radius 1 is 1.32 bits per heavy atom. The van der Waals surface area contributed by atoms with Crippen LogP contribution in [0.25, 0.3) is 0 Å². The number of amides is 1. The third kappa shape index (κ3) is 3.48. The molecule has 0 aliphatic carbocycles. The summed E-state index contributed by atoms with van der Waals surface area (Å²) in [6, 6.07) is 6.80. The molecule has 0 aromatic carbocycles. The lowest BCUT2D eigenvalue weighted by atomic mass is 10.3. The van der Waals surface area contributed by atoms with E-state index < -0.39 is 0 Å². The lowest BCUT2D eigenvalue weighted by Gasteiger charge is -2.05. The van der Waals surface area contributed by atoms with Crippen molar-refractivity contribution >= 4 is 11.7 Å². The number of carbonyl (C=O) groups is 1. The molecule has 19 heavy (non-hydrogen) atoms. The molecule has 0 aliphatic heterocycles. The molecule has 0 bridgehead atoms. The van der Waals surface area contributed by atoms with Gasteiger partial charge in [0, 0.05) is 12.3 Å². The Bertz CT molecular complexity index is 569. The molecule has 1 amide bonds. The van der Waals surface area contributed by atoms with Crippen LogP contribution in [0.4, 0.5) is 5.82 Å². The first-order valence-electron chi connectivity index (χ1n) is 5.89. The van der Waals surface area contributed by atoms with Gasteiger partial charge in [-0.25, -0.2) is 4.98 Å². The molecule has 0 radical (unpaired) electrons. The van der Waals surface area contributed by atoms with Gasteiger partial charge in [-0.1, -0.05) is 0 Å². The van der Waals surface area contributed by atoms with Gasteiger partial charge in [0.1, 0.15) is 5.82 Å². The molecule has 2 aromatic heterocycles. The van der Waals surface area contributed by atoms with E-state index in [1.807, 2.05) is 19.9 Å². The smallest absolute Gasteiger partial charge is 0.277 e. The Hall–Kier alpha value is -2.50. The normalized spacial score (nSPS) is 10.0. The van der Waals surface area contributed by atoms with Crippen molar-refractivity contribution in [2.24, 2.45) is 0 Å². The van der Waals surface area contributed by atoms with Crippen LogP contribution in [0, 0.1) is 6.92 Å². The lowest BCUT2D eigenvalue weighted by molar-refractivity contribution is 0.102. The quantitative estimate of drug-likeness (QED) is 0.905. The van der Waals surface area contributed by atoms with E-state index in [1.54, 1.807) is 24.4 Å². The summed E-state index contributed by atoms with van der Waals surface area (Å²) in [6.07, 6.45) is 1.63. The van der Waals surface area contributed by atoms with Crippen LogP contribution < -0.4 is 10.1 Å². The summed E-state index contributed by atoms with van der Waals surface area (Å²) in [6.45, 7) is 4.28. The van der Waals surface area contributed by atoms with Gasteiger partial charge in [0.25, 0.3) is 5.91 Å². The highest BCUT2D eigenvalue weighted by Gasteiger charge is 2.09. The van der Waals surface area contributed by atoms with Crippen LogP contribution >= 0.6 is 0 Å². The Balaban J connectivity index is 2.07. The zero-order valence-electron chi connectivity index (χ0n) is 10.8. The number of carbonyl (C=O) groups excluding carboxylic acids is 1. The van der Waals surface area contributed by atoms with E-state index in [-0.39, 0.29) is 11.6 Å². The molecule has 1 N–H and O–H groups in total. The molecule has 0 unspecified atom stereocenters. The average molecular weight is 258 g/mol. The minimum atomic E-state index is -0.353. The number of hydrogen-bond acceptors (Lipinski definition) is 5. The Morgan fingerprint density at radius 3 is 2.79 bits per heavy atom. The molecule has 2 rings (SSSR count). The predicted molar refractivity (Wildman–Crippen MR) is 70.1 cm³/mol. The zero-order chi connectivity index (χ0) is 13.7. The van der Waals surface area contributed by atoms with Crippen molar-refractivity contribution in [1.29, 1.82) is 0 Å². The van der Waals surface area contributed by atoms with E-state index in [1.165, 1.54) is 0 Å². The second-order valence-corrected chi connectivity index (χ2v) is 3.86. The number of nitrogens with zero attached hydrogens (tertiary/aromatic N) is 3. The zero-order valence-corrected chi connectivity index (χ0v) is 10.8. The second kappa shape index (κ2) is 5.90. The van der Waals surface area contributed by atoms with Crippen LogP contribution in [0.5, 0.6) is 5.88 Å². The van der Waals surface area contributed by atoms with Crippen molar-refractivity contribution in [3.63, 3.8) is 0 Å². The summed E-state index contributed by atoms with van der Waals surface area (Å²) < 4.78 is 5.16. The molecular formula is C13H14N4O2. The molecule has 0 saturated heterocycles. The summed E-state index contributed by atoms with van der Waals surface area (Å²) in [5.41, 5.74) is 1.23. The molecule has 0 aliphatic rings. The number of rotatable bonds is 4. The highest BCUT2D eigenvalue weighted by atomic mass is 16.5. The van der Waals surface area contributed by atoms with E-state index in [4.69, 9.17) is 4.74 Å². The van der Waals surface area contributed by atoms with Crippen LogP contribution in [0.1, 0.15) is 23.0 Å². The standard InChI is InChI=1S/C13H14N4O2/c1-3-19-12-5-4-10(16-17-12)13(18)15-11-8-9(2)6-7-14-11/h4-8H,3H2,1-2H3,(H,14,15,18). The number of anilines is 1. The van der Waals surface area contributed by atoms with E-state index in [0.29, 0.717) is 18.3 Å². The van der Waals surface area contributed by atoms with Crippen LogP contribution in [0.3, 0.4) is 0 Å². The fraction of sp³-hybridized carbons (Fsp3) is 0.231. The van der Waals surface area contributed by atoms with E-state index in [0.717, 1.165) is 5.56 Å². The van der Waals surface area contributed by atoms with Crippen molar-refractivity contribution < 1.29 is 9.53 Å². The Morgan fingerprint density at radius 2 is 2.16 bits per heavy atom. The van der Waals surface area contributed by atoms with Gasteiger partial charge < -0.3 is 10.1 Å². The number of ether oxygens (including phenoxy) is 1. The van der Waals surface area contributed by atoms with Crippen molar-refractivity contribution in [2.45, 2.75) is 13.8 Å². The minimum Gasteiger partial charge on any atom is -0.477 e. The molecule has 2 aromatic rings. The van der Waals surface area contributed by atoms with Crippen molar-refractivity contribution in [3.8, 4) is 5.88 Å². The van der Waals surface area contributed by atoms with Gasteiger partial charge in [-0.2, -0.15) is 0 Å². The molecule has 2 heterocycles. The van der Waals surface area contributed by atoms with Gasteiger partial charge in [0.2, 0.25) is 5.88 Å². The summed E-state index contributed by atoms with van der Waals surface area (Å²) >= 11 is 0. The summed E-state index contributed by atoms with van der Waals surface area (Å²) in [7, 11) is 0. The van der Waals surface area contributed by atoms with Crippen LogP contribution in [0.2, 0.25) is 0 Å². The first-order valence-corrected chi connectivity index (χ1v) is 5.89. The monoisotopic (exact) mass is 258 g/mol. The third-order valence-corrected chi connectivity index (χ3v) is 2.32. The second-order valence-electron chi connectivity index (χ2n) is 3.86. The van der Waals surface area contributed by atoms with Crippen LogP contribution in [-0.4, -0.2) is 27.7 Å². The first kappa shape index (κ1) is 12.9. The lowest BCUT2D eigenvalue weighted by Crippen LogP contribution is -2.15. The highest BCUT2D eigenvalue weighted by molar-refractivity contribution is 6.02. The molecule has 0 saturated carbocycles. The highest BCUT2D eigenvalue weighted by Crippen LogP contribution is 2.09. The Kier molecular flexibility index (Phi) is 4.02. The fourth-order valence-corrected chi connectivity index (χ4v) is 1.45. The SMILES string of the molecule is CCOc1ccc(C(=O)Nc2cc(C)ccn2)nn1. The summed E-state index contributed by atoms with van der Waals surface area (Å²) in [5, 5.41) is 10.3. The molecule has 98 valence electrons. The van der Waals surface area contributed by atoms with Gasteiger partial charge in [0.15, 0.2) is 5.69 Å². The first-order chi connectivity index (χ1) is 9.19. The van der Waals surface area contributed by atoms with Gasteiger partial charge >= 0.3 is 0 Å². The van der Waals surface area contributed by atoms with E-state index in [9.17, 15) is 4.79 Å².